The number of rotatable bonds is 5. The Bertz CT molecular complexity index is 375. The van der Waals surface area contributed by atoms with Crippen molar-refractivity contribution in [1.29, 1.82) is 0 Å². The third-order valence-corrected chi connectivity index (χ3v) is 4.31. The van der Waals surface area contributed by atoms with Crippen molar-refractivity contribution in [2.75, 3.05) is 33.4 Å². The average molecular weight is 298 g/mol. The number of likely N-dealkylation sites (tertiary alicyclic amines) is 1. The number of carbonyl (C=O) groups is 2. The molecule has 0 radical (unpaired) electrons. The zero-order valence-electron chi connectivity index (χ0n) is 13.0. The zero-order valence-corrected chi connectivity index (χ0v) is 13.0. The van der Waals surface area contributed by atoms with Gasteiger partial charge in [-0.3, -0.25) is 4.79 Å². The molecule has 2 heterocycles. The van der Waals surface area contributed by atoms with Crippen LogP contribution in [0.5, 0.6) is 0 Å². The van der Waals surface area contributed by atoms with E-state index in [2.05, 4.69) is 12.2 Å². The Morgan fingerprint density at radius 1 is 1.33 bits per heavy atom. The van der Waals surface area contributed by atoms with Crippen LogP contribution in [-0.4, -0.2) is 62.3 Å². The molecule has 3 unspecified atom stereocenters. The fourth-order valence-electron chi connectivity index (χ4n) is 3.12. The van der Waals surface area contributed by atoms with E-state index in [0.29, 0.717) is 26.2 Å². The van der Waals surface area contributed by atoms with Gasteiger partial charge in [0.2, 0.25) is 5.91 Å². The second kappa shape index (κ2) is 7.75. The molecule has 21 heavy (non-hydrogen) atoms. The standard InChI is InChI=1S/C15H26N2O4/c1-3-7-16-12-10-21-9-11(12)14(18)17-8-5-4-6-13(17)15(19)20-2/h11-13,16H,3-10H2,1-2H3. The Balaban J connectivity index is 2.03. The van der Waals surface area contributed by atoms with Gasteiger partial charge in [-0.25, -0.2) is 4.79 Å². The van der Waals surface area contributed by atoms with E-state index in [-0.39, 0.29) is 23.8 Å². The predicted octanol–water partition coefficient (Wildman–Crippen LogP) is 0.555. The molecular weight excluding hydrogens is 272 g/mol. The van der Waals surface area contributed by atoms with Gasteiger partial charge in [0.05, 0.1) is 26.2 Å². The van der Waals surface area contributed by atoms with Gasteiger partial charge in [0.1, 0.15) is 6.04 Å². The molecular formula is C15H26N2O4. The van der Waals surface area contributed by atoms with Crippen molar-refractivity contribution in [2.45, 2.75) is 44.7 Å². The minimum atomic E-state index is -0.427. The Kier molecular flexibility index (Phi) is 5.99. The molecule has 2 rings (SSSR count). The van der Waals surface area contributed by atoms with Crippen molar-refractivity contribution >= 4 is 11.9 Å². The number of nitrogens with zero attached hydrogens (tertiary/aromatic N) is 1. The first-order valence-corrected chi connectivity index (χ1v) is 7.88. The van der Waals surface area contributed by atoms with Gasteiger partial charge in [-0.15, -0.1) is 0 Å². The van der Waals surface area contributed by atoms with Crippen molar-refractivity contribution < 1.29 is 19.1 Å². The molecule has 120 valence electrons. The van der Waals surface area contributed by atoms with Crippen LogP contribution in [0.2, 0.25) is 0 Å². The SMILES string of the molecule is CCCNC1COCC1C(=O)N1CCCCC1C(=O)OC. The summed E-state index contributed by atoms with van der Waals surface area (Å²) in [5.74, 6) is -0.474. The van der Waals surface area contributed by atoms with Crippen LogP contribution < -0.4 is 5.32 Å². The number of esters is 1. The molecule has 6 heteroatoms. The highest BCUT2D eigenvalue weighted by Gasteiger charge is 2.41. The number of piperidine rings is 1. The number of hydrogen-bond acceptors (Lipinski definition) is 5. The molecule has 2 saturated heterocycles. The Hall–Kier alpha value is -1.14. The number of ether oxygens (including phenoxy) is 2. The lowest BCUT2D eigenvalue weighted by Gasteiger charge is -2.36. The minimum Gasteiger partial charge on any atom is -0.467 e. The van der Waals surface area contributed by atoms with Gasteiger partial charge in [-0.2, -0.15) is 0 Å². The van der Waals surface area contributed by atoms with E-state index in [0.717, 1.165) is 25.8 Å². The van der Waals surface area contributed by atoms with Crippen molar-refractivity contribution in [2.24, 2.45) is 5.92 Å². The minimum absolute atomic E-state index is 0.0243. The maximum absolute atomic E-state index is 12.8. The van der Waals surface area contributed by atoms with Crippen LogP contribution in [0.15, 0.2) is 0 Å². The quantitative estimate of drug-likeness (QED) is 0.751. The highest BCUT2D eigenvalue weighted by atomic mass is 16.5. The molecule has 2 fully saturated rings. The number of methoxy groups -OCH3 is 1. The number of nitrogens with one attached hydrogen (secondary N) is 1. The molecule has 2 aliphatic heterocycles. The van der Waals surface area contributed by atoms with Crippen LogP contribution in [0.4, 0.5) is 0 Å². The Morgan fingerprint density at radius 2 is 2.14 bits per heavy atom. The van der Waals surface area contributed by atoms with Gasteiger partial charge in [0, 0.05) is 12.6 Å². The van der Waals surface area contributed by atoms with E-state index >= 15 is 0 Å². The van der Waals surface area contributed by atoms with E-state index < -0.39 is 6.04 Å². The molecule has 0 bridgehead atoms. The van der Waals surface area contributed by atoms with Crippen molar-refractivity contribution in [3.8, 4) is 0 Å². The Labute approximate surface area is 126 Å². The fraction of sp³-hybridized carbons (Fsp3) is 0.867. The third-order valence-electron chi connectivity index (χ3n) is 4.31. The summed E-state index contributed by atoms with van der Waals surface area (Å²) in [5, 5.41) is 3.37. The maximum Gasteiger partial charge on any atom is 0.328 e. The maximum atomic E-state index is 12.8. The van der Waals surface area contributed by atoms with Gasteiger partial charge >= 0.3 is 5.97 Å². The first-order chi connectivity index (χ1) is 10.2. The molecule has 1 amide bonds. The van der Waals surface area contributed by atoms with Crippen LogP contribution in [0.3, 0.4) is 0 Å². The smallest absolute Gasteiger partial charge is 0.328 e. The highest BCUT2D eigenvalue weighted by molar-refractivity contribution is 5.86. The first-order valence-electron chi connectivity index (χ1n) is 7.88. The molecule has 0 aromatic heterocycles. The van der Waals surface area contributed by atoms with Crippen LogP contribution in [0, 0.1) is 5.92 Å². The van der Waals surface area contributed by atoms with Crippen LogP contribution >= 0.6 is 0 Å². The van der Waals surface area contributed by atoms with Gasteiger partial charge in [-0.1, -0.05) is 6.92 Å². The topological polar surface area (TPSA) is 67.9 Å². The normalized spacial score (nSPS) is 29.4. The predicted molar refractivity (Wildman–Crippen MR) is 77.8 cm³/mol. The summed E-state index contributed by atoms with van der Waals surface area (Å²) in [4.78, 5) is 26.4. The van der Waals surface area contributed by atoms with Crippen molar-refractivity contribution in [1.82, 2.24) is 10.2 Å². The van der Waals surface area contributed by atoms with E-state index in [1.54, 1.807) is 4.90 Å². The largest absolute Gasteiger partial charge is 0.467 e. The van der Waals surface area contributed by atoms with Crippen molar-refractivity contribution in [3.05, 3.63) is 0 Å². The van der Waals surface area contributed by atoms with Crippen molar-refractivity contribution in [3.63, 3.8) is 0 Å². The number of hydrogen-bond donors (Lipinski definition) is 1. The molecule has 0 aromatic rings. The molecule has 0 aliphatic carbocycles. The molecule has 0 spiro atoms. The summed E-state index contributed by atoms with van der Waals surface area (Å²) < 4.78 is 10.3. The number of amides is 1. The molecule has 3 atom stereocenters. The highest BCUT2D eigenvalue weighted by Crippen LogP contribution is 2.24. The second-order valence-electron chi connectivity index (χ2n) is 5.77. The van der Waals surface area contributed by atoms with Crippen LogP contribution in [0.1, 0.15) is 32.6 Å². The second-order valence-corrected chi connectivity index (χ2v) is 5.77. The zero-order chi connectivity index (χ0) is 15.2. The van der Waals surface area contributed by atoms with Gasteiger partial charge < -0.3 is 19.7 Å². The summed E-state index contributed by atoms with van der Waals surface area (Å²) in [5.41, 5.74) is 0. The average Bonchev–Trinajstić information content (AvgIpc) is 2.99. The Morgan fingerprint density at radius 3 is 2.86 bits per heavy atom. The summed E-state index contributed by atoms with van der Waals surface area (Å²) in [6.07, 6.45) is 3.62. The first kappa shape index (κ1) is 16.2. The summed E-state index contributed by atoms with van der Waals surface area (Å²) in [6.45, 7) is 4.60. The molecule has 0 aromatic carbocycles. The number of carbonyl (C=O) groups excluding carboxylic acids is 2. The van der Waals surface area contributed by atoms with Crippen LogP contribution in [0.25, 0.3) is 0 Å². The van der Waals surface area contributed by atoms with Crippen LogP contribution in [-0.2, 0) is 19.1 Å². The summed E-state index contributed by atoms with van der Waals surface area (Å²) >= 11 is 0. The third kappa shape index (κ3) is 3.74. The molecule has 2 aliphatic rings. The lowest BCUT2D eigenvalue weighted by Crippen LogP contribution is -2.53. The van der Waals surface area contributed by atoms with E-state index in [4.69, 9.17) is 9.47 Å². The lowest BCUT2D eigenvalue weighted by molar-refractivity contribution is -0.156. The molecule has 6 nitrogen and oxygen atoms in total. The summed E-state index contributed by atoms with van der Waals surface area (Å²) in [7, 11) is 1.38. The lowest BCUT2D eigenvalue weighted by atomic mass is 9.96. The molecule has 1 N–H and O–H groups in total. The van der Waals surface area contributed by atoms with E-state index in [9.17, 15) is 9.59 Å². The summed E-state index contributed by atoms with van der Waals surface area (Å²) in [6, 6.07) is -0.374. The van der Waals surface area contributed by atoms with E-state index in [1.165, 1.54) is 7.11 Å². The van der Waals surface area contributed by atoms with E-state index in [1.807, 2.05) is 0 Å². The van der Waals surface area contributed by atoms with Gasteiger partial charge in [-0.05, 0) is 32.2 Å². The fourth-order valence-corrected chi connectivity index (χ4v) is 3.12. The van der Waals surface area contributed by atoms with Gasteiger partial charge in [0.15, 0.2) is 0 Å². The monoisotopic (exact) mass is 298 g/mol. The van der Waals surface area contributed by atoms with Gasteiger partial charge in [0.25, 0.3) is 0 Å². The molecule has 0 saturated carbocycles.